The van der Waals surface area contributed by atoms with Gasteiger partial charge in [-0.3, -0.25) is 0 Å². The number of hydrogen-bond donors (Lipinski definition) is 1. The number of rotatable bonds is 8. The summed E-state index contributed by atoms with van der Waals surface area (Å²) in [5, 5.41) is 0. The van der Waals surface area contributed by atoms with Gasteiger partial charge >= 0.3 is 0 Å². The number of benzene rings is 1. The van der Waals surface area contributed by atoms with Crippen LogP contribution in [0.4, 0.5) is 0 Å². The van der Waals surface area contributed by atoms with Gasteiger partial charge in [-0.1, -0.05) is 13.8 Å². The second-order valence-corrected chi connectivity index (χ2v) is 7.65. The van der Waals surface area contributed by atoms with Crippen molar-refractivity contribution < 1.29 is 17.9 Å². The van der Waals surface area contributed by atoms with Gasteiger partial charge in [0.15, 0.2) is 11.5 Å². The minimum atomic E-state index is -3.58. The quantitative estimate of drug-likeness (QED) is 0.796. The number of ether oxygens (including phenoxy) is 2. The van der Waals surface area contributed by atoms with Crippen LogP contribution in [0.2, 0.25) is 0 Å². The number of nitrogens with one attached hydrogen (secondary N) is 1. The summed E-state index contributed by atoms with van der Waals surface area (Å²) in [5.74, 6) is 1.48. The molecule has 1 atom stereocenters. The molecule has 0 spiro atoms. The smallest absolute Gasteiger partial charge is 0.241 e. The predicted molar refractivity (Wildman–Crippen MR) is 88.1 cm³/mol. The molecule has 0 bridgehead atoms. The van der Waals surface area contributed by atoms with Gasteiger partial charge in [0.25, 0.3) is 0 Å². The third kappa shape index (κ3) is 4.88. The highest BCUT2D eigenvalue weighted by molar-refractivity contribution is 7.89. The molecule has 0 saturated heterocycles. The first-order chi connectivity index (χ1) is 10.2. The standard InChI is InChI=1S/C16H27NO4S/c1-11(2)7-8-13(4)17-22(18,19)16-10-15(21-6)14(20-5)9-12(16)3/h9-11,13,17H,7-8H2,1-6H3. The predicted octanol–water partition coefficient (Wildman–Crippen LogP) is 3.12. The SMILES string of the molecule is COc1cc(C)c(S(=O)(=O)NC(C)CCC(C)C)cc1OC. The molecule has 0 aliphatic heterocycles. The molecule has 1 unspecified atom stereocenters. The van der Waals surface area contributed by atoms with Crippen molar-refractivity contribution in [1.29, 1.82) is 0 Å². The van der Waals surface area contributed by atoms with E-state index in [2.05, 4.69) is 18.6 Å². The summed E-state index contributed by atoms with van der Waals surface area (Å²) in [6.45, 7) is 7.88. The Balaban J connectivity index is 3.02. The maximum atomic E-state index is 12.6. The third-order valence-corrected chi connectivity index (χ3v) is 5.24. The van der Waals surface area contributed by atoms with Crippen molar-refractivity contribution in [1.82, 2.24) is 4.72 Å². The third-order valence-electron chi connectivity index (χ3n) is 3.50. The molecule has 0 aliphatic rings. The lowest BCUT2D eigenvalue weighted by Gasteiger charge is -2.18. The Bertz CT molecular complexity index is 596. The van der Waals surface area contributed by atoms with Crippen molar-refractivity contribution in [2.75, 3.05) is 14.2 Å². The van der Waals surface area contributed by atoms with Crippen molar-refractivity contribution in [3.63, 3.8) is 0 Å². The first-order valence-electron chi connectivity index (χ1n) is 7.46. The van der Waals surface area contributed by atoms with Crippen molar-refractivity contribution in [2.45, 2.75) is 51.5 Å². The van der Waals surface area contributed by atoms with Gasteiger partial charge in [0.1, 0.15) is 0 Å². The van der Waals surface area contributed by atoms with Crippen LogP contribution in [0.15, 0.2) is 17.0 Å². The maximum Gasteiger partial charge on any atom is 0.241 e. The topological polar surface area (TPSA) is 64.6 Å². The van der Waals surface area contributed by atoms with E-state index in [1.54, 1.807) is 13.0 Å². The van der Waals surface area contributed by atoms with E-state index in [0.717, 1.165) is 12.8 Å². The maximum absolute atomic E-state index is 12.6. The minimum Gasteiger partial charge on any atom is -0.493 e. The van der Waals surface area contributed by atoms with Gasteiger partial charge in [-0.15, -0.1) is 0 Å². The van der Waals surface area contributed by atoms with Crippen LogP contribution in [0.3, 0.4) is 0 Å². The minimum absolute atomic E-state index is 0.111. The molecule has 126 valence electrons. The fraction of sp³-hybridized carbons (Fsp3) is 0.625. The van der Waals surface area contributed by atoms with Gasteiger partial charge < -0.3 is 9.47 Å². The van der Waals surface area contributed by atoms with E-state index in [0.29, 0.717) is 23.0 Å². The summed E-state index contributed by atoms with van der Waals surface area (Å²) in [6.07, 6.45) is 1.79. The monoisotopic (exact) mass is 329 g/mol. The van der Waals surface area contributed by atoms with Gasteiger partial charge in [-0.2, -0.15) is 0 Å². The lowest BCUT2D eigenvalue weighted by Crippen LogP contribution is -2.33. The summed E-state index contributed by atoms with van der Waals surface area (Å²) in [6, 6.07) is 3.07. The van der Waals surface area contributed by atoms with Crippen LogP contribution in [0.25, 0.3) is 0 Å². The van der Waals surface area contributed by atoms with E-state index in [1.807, 2.05) is 6.92 Å². The van der Waals surface area contributed by atoms with E-state index in [4.69, 9.17) is 9.47 Å². The molecular formula is C16H27NO4S. The summed E-state index contributed by atoms with van der Waals surface area (Å²) >= 11 is 0. The van der Waals surface area contributed by atoms with Crippen LogP contribution in [-0.4, -0.2) is 28.7 Å². The Morgan fingerprint density at radius 2 is 1.59 bits per heavy atom. The largest absolute Gasteiger partial charge is 0.493 e. The lowest BCUT2D eigenvalue weighted by atomic mass is 10.1. The molecular weight excluding hydrogens is 302 g/mol. The van der Waals surface area contributed by atoms with Gasteiger partial charge in [0.2, 0.25) is 10.0 Å². The molecule has 1 N–H and O–H groups in total. The zero-order valence-electron chi connectivity index (χ0n) is 14.3. The Morgan fingerprint density at radius 1 is 1.05 bits per heavy atom. The average Bonchev–Trinajstić information content (AvgIpc) is 2.43. The second-order valence-electron chi connectivity index (χ2n) is 5.97. The van der Waals surface area contributed by atoms with E-state index >= 15 is 0 Å². The van der Waals surface area contributed by atoms with Crippen LogP contribution in [0.5, 0.6) is 11.5 Å². The molecule has 0 aromatic heterocycles. The van der Waals surface area contributed by atoms with Gasteiger partial charge in [0.05, 0.1) is 19.1 Å². The summed E-state index contributed by atoms with van der Waals surface area (Å²) in [5.41, 5.74) is 0.626. The molecule has 22 heavy (non-hydrogen) atoms. The Labute approximate surface area is 134 Å². The van der Waals surface area contributed by atoms with Crippen LogP contribution >= 0.6 is 0 Å². The number of aryl methyl sites for hydroxylation is 1. The van der Waals surface area contributed by atoms with E-state index < -0.39 is 10.0 Å². The van der Waals surface area contributed by atoms with E-state index in [-0.39, 0.29) is 10.9 Å². The number of hydrogen-bond acceptors (Lipinski definition) is 4. The molecule has 1 aromatic carbocycles. The molecule has 0 saturated carbocycles. The Hall–Kier alpha value is -1.27. The summed E-state index contributed by atoms with van der Waals surface area (Å²) in [4.78, 5) is 0.224. The molecule has 0 heterocycles. The summed E-state index contributed by atoms with van der Waals surface area (Å²) in [7, 11) is -0.567. The molecule has 0 aliphatic carbocycles. The molecule has 0 radical (unpaired) electrons. The highest BCUT2D eigenvalue weighted by Crippen LogP contribution is 2.32. The van der Waals surface area contributed by atoms with Crippen molar-refractivity contribution in [3.8, 4) is 11.5 Å². The zero-order chi connectivity index (χ0) is 16.9. The molecule has 6 heteroatoms. The van der Waals surface area contributed by atoms with Crippen LogP contribution < -0.4 is 14.2 Å². The molecule has 1 aromatic rings. The van der Waals surface area contributed by atoms with Crippen molar-refractivity contribution >= 4 is 10.0 Å². The van der Waals surface area contributed by atoms with Crippen LogP contribution in [0.1, 0.15) is 39.2 Å². The normalized spacial score (nSPS) is 13.2. The Morgan fingerprint density at radius 3 is 2.09 bits per heavy atom. The van der Waals surface area contributed by atoms with E-state index in [9.17, 15) is 8.42 Å². The van der Waals surface area contributed by atoms with Crippen molar-refractivity contribution in [2.24, 2.45) is 5.92 Å². The van der Waals surface area contributed by atoms with Crippen molar-refractivity contribution in [3.05, 3.63) is 17.7 Å². The number of methoxy groups -OCH3 is 2. The van der Waals surface area contributed by atoms with Gasteiger partial charge in [-0.05, 0) is 44.2 Å². The van der Waals surface area contributed by atoms with Crippen LogP contribution in [-0.2, 0) is 10.0 Å². The zero-order valence-corrected chi connectivity index (χ0v) is 15.1. The molecule has 5 nitrogen and oxygen atoms in total. The summed E-state index contributed by atoms with van der Waals surface area (Å²) < 4.78 is 38.3. The fourth-order valence-electron chi connectivity index (χ4n) is 2.22. The highest BCUT2D eigenvalue weighted by atomic mass is 32.2. The van der Waals surface area contributed by atoms with Crippen LogP contribution in [0, 0.1) is 12.8 Å². The Kier molecular flexibility index (Phi) is 6.68. The molecule has 0 amide bonds. The highest BCUT2D eigenvalue weighted by Gasteiger charge is 2.22. The van der Waals surface area contributed by atoms with E-state index in [1.165, 1.54) is 20.3 Å². The van der Waals surface area contributed by atoms with Gasteiger partial charge in [-0.25, -0.2) is 13.1 Å². The average molecular weight is 329 g/mol. The lowest BCUT2D eigenvalue weighted by molar-refractivity contribution is 0.353. The molecule has 1 rings (SSSR count). The fourth-order valence-corrected chi connectivity index (χ4v) is 3.74. The second kappa shape index (κ2) is 7.83. The molecule has 0 fully saturated rings. The first kappa shape index (κ1) is 18.8. The number of sulfonamides is 1. The first-order valence-corrected chi connectivity index (χ1v) is 8.94. The van der Waals surface area contributed by atoms with Gasteiger partial charge in [0, 0.05) is 12.1 Å².